The molecule has 5 rings (SSSR count). The van der Waals surface area contributed by atoms with Crippen LogP contribution in [-0.4, -0.2) is 37.9 Å². The SMILES string of the molecule is C=CCNc1nc(Nc2ccc(-n3ncnc3C)c(OCC=C)c2)nc2c1CCC2c1ccc(F)cc1F. The van der Waals surface area contributed by atoms with E-state index in [9.17, 15) is 8.78 Å². The maximum Gasteiger partial charge on any atom is 0.229 e. The Kier molecular flexibility index (Phi) is 7.12. The quantitative estimate of drug-likeness (QED) is 0.265. The number of aromatic nitrogens is 5. The van der Waals surface area contributed by atoms with Gasteiger partial charge in [-0.25, -0.2) is 23.4 Å². The standard InChI is InChI=1S/C28H27F2N7O/c1-4-12-31-27-22-10-9-21(20-8-6-18(29)14-23(20)30)26(22)35-28(36-27)34-19-7-11-24(25(15-19)38-13-5-2)37-17(3)32-16-33-37/h4-8,11,14-16,21H,1-2,9-10,12-13H2,3H3,(H2,31,34,35,36). The molecular formula is C28H27F2N7O. The number of anilines is 3. The third-order valence-electron chi connectivity index (χ3n) is 6.32. The van der Waals surface area contributed by atoms with Gasteiger partial charge in [-0.15, -0.1) is 6.58 Å². The van der Waals surface area contributed by atoms with Crippen molar-refractivity contribution in [3.63, 3.8) is 0 Å². The van der Waals surface area contributed by atoms with Crippen molar-refractivity contribution in [2.45, 2.75) is 25.7 Å². The molecule has 2 heterocycles. The monoisotopic (exact) mass is 515 g/mol. The Balaban J connectivity index is 1.52. The topological polar surface area (TPSA) is 89.8 Å². The van der Waals surface area contributed by atoms with Crippen LogP contribution in [0.3, 0.4) is 0 Å². The molecule has 2 N–H and O–H groups in total. The Morgan fingerprint density at radius 1 is 1.13 bits per heavy atom. The van der Waals surface area contributed by atoms with Crippen molar-refractivity contribution in [3.8, 4) is 11.4 Å². The average Bonchev–Trinajstić information content (AvgIpc) is 3.52. The zero-order chi connectivity index (χ0) is 26.6. The van der Waals surface area contributed by atoms with E-state index in [-0.39, 0.29) is 5.92 Å². The summed E-state index contributed by atoms with van der Waals surface area (Å²) in [7, 11) is 0. The van der Waals surface area contributed by atoms with E-state index in [0.717, 1.165) is 17.3 Å². The van der Waals surface area contributed by atoms with Gasteiger partial charge in [-0.2, -0.15) is 10.1 Å². The molecule has 0 radical (unpaired) electrons. The van der Waals surface area contributed by atoms with Crippen molar-refractivity contribution >= 4 is 17.5 Å². The van der Waals surface area contributed by atoms with Crippen molar-refractivity contribution in [2.75, 3.05) is 23.8 Å². The Labute approximate surface area is 219 Å². The van der Waals surface area contributed by atoms with Gasteiger partial charge in [0.2, 0.25) is 5.95 Å². The lowest BCUT2D eigenvalue weighted by Crippen LogP contribution is -2.11. The van der Waals surface area contributed by atoms with Crippen LogP contribution < -0.4 is 15.4 Å². The molecular weight excluding hydrogens is 488 g/mol. The molecule has 1 unspecified atom stereocenters. The van der Waals surface area contributed by atoms with Crippen LogP contribution in [0.4, 0.5) is 26.2 Å². The Bertz CT molecular complexity index is 1500. The van der Waals surface area contributed by atoms with E-state index < -0.39 is 11.6 Å². The molecule has 0 saturated carbocycles. The Morgan fingerprint density at radius 2 is 2.00 bits per heavy atom. The summed E-state index contributed by atoms with van der Waals surface area (Å²) in [4.78, 5) is 13.7. The van der Waals surface area contributed by atoms with Gasteiger partial charge in [-0.05, 0) is 43.5 Å². The predicted octanol–water partition coefficient (Wildman–Crippen LogP) is 5.63. The lowest BCUT2D eigenvalue weighted by molar-refractivity contribution is 0.361. The zero-order valence-electron chi connectivity index (χ0n) is 20.9. The van der Waals surface area contributed by atoms with Gasteiger partial charge < -0.3 is 15.4 Å². The summed E-state index contributed by atoms with van der Waals surface area (Å²) in [5.74, 6) is 0.766. The highest BCUT2D eigenvalue weighted by atomic mass is 19.1. The second kappa shape index (κ2) is 10.8. The summed E-state index contributed by atoms with van der Waals surface area (Å²) in [5.41, 5.74) is 3.44. The summed E-state index contributed by atoms with van der Waals surface area (Å²) >= 11 is 0. The van der Waals surface area contributed by atoms with Crippen molar-refractivity contribution in [1.82, 2.24) is 24.7 Å². The second-order valence-electron chi connectivity index (χ2n) is 8.81. The molecule has 4 aromatic rings. The first-order valence-electron chi connectivity index (χ1n) is 12.2. The number of fused-ring (bicyclic) bond motifs is 1. The maximum atomic E-state index is 14.7. The highest BCUT2D eigenvalue weighted by Crippen LogP contribution is 2.41. The summed E-state index contributed by atoms with van der Waals surface area (Å²) in [6.07, 6.45) is 6.19. The smallest absolute Gasteiger partial charge is 0.229 e. The van der Waals surface area contributed by atoms with E-state index in [1.807, 2.05) is 25.1 Å². The fraction of sp³-hybridized carbons (Fsp3) is 0.214. The molecule has 0 saturated heterocycles. The first-order valence-corrected chi connectivity index (χ1v) is 12.2. The van der Waals surface area contributed by atoms with Crippen LogP contribution in [-0.2, 0) is 6.42 Å². The minimum Gasteiger partial charge on any atom is -0.487 e. The molecule has 194 valence electrons. The van der Waals surface area contributed by atoms with Crippen LogP contribution in [0.25, 0.3) is 5.69 Å². The number of nitrogens with zero attached hydrogens (tertiary/aromatic N) is 5. The fourth-order valence-corrected chi connectivity index (χ4v) is 4.62. The number of halogens is 2. The molecule has 1 atom stereocenters. The highest BCUT2D eigenvalue weighted by molar-refractivity contribution is 5.64. The summed E-state index contributed by atoms with van der Waals surface area (Å²) in [6, 6.07) is 9.23. The van der Waals surface area contributed by atoms with Gasteiger partial charge in [-0.1, -0.05) is 24.8 Å². The van der Waals surface area contributed by atoms with Crippen LogP contribution in [0.1, 0.15) is 35.0 Å². The summed E-state index contributed by atoms with van der Waals surface area (Å²) in [6.45, 7) is 10.2. The van der Waals surface area contributed by atoms with Gasteiger partial charge >= 0.3 is 0 Å². The molecule has 8 nitrogen and oxygen atoms in total. The molecule has 0 aliphatic heterocycles. The number of aryl methyl sites for hydroxylation is 1. The number of benzene rings is 2. The lowest BCUT2D eigenvalue weighted by atomic mass is 9.96. The van der Waals surface area contributed by atoms with Crippen molar-refractivity contribution in [2.24, 2.45) is 0 Å². The fourth-order valence-electron chi connectivity index (χ4n) is 4.62. The minimum absolute atomic E-state index is 0.306. The molecule has 0 bridgehead atoms. The lowest BCUT2D eigenvalue weighted by Gasteiger charge is -2.17. The molecule has 38 heavy (non-hydrogen) atoms. The van der Waals surface area contributed by atoms with Gasteiger partial charge in [0.25, 0.3) is 0 Å². The van der Waals surface area contributed by atoms with E-state index in [0.29, 0.717) is 66.3 Å². The van der Waals surface area contributed by atoms with Crippen molar-refractivity contribution in [1.29, 1.82) is 0 Å². The summed E-state index contributed by atoms with van der Waals surface area (Å²) in [5, 5.41) is 10.8. The molecule has 0 spiro atoms. The van der Waals surface area contributed by atoms with Gasteiger partial charge in [0.1, 0.15) is 47.6 Å². The number of nitrogens with one attached hydrogen (secondary N) is 2. The third-order valence-corrected chi connectivity index (χ3v) is 6.32. The predicted molar refractivity (Wildman–Crippen MR) is 142 cm³/mol. The Morgan fingerprint density at radius 3 is 2.74 bits per heavy atom. The second-order valence-corrected chi connectivity index (χ2v) is 8.81. The van der Waals surface area contributed by atoms with E-state index in [1.54, 1.807) is 16.8 Å². The molecule has 1 aliphatic carbocycles. The number of hydrogen-bond acceptors (Lipinski definition) is 7. The van der Waals surface area contributed by atoms with E-state index in [4.69, 9.17) is 14.7 Å². The molecule has 1 aliphatic rings. The molecule has 2 aromatic heterocycles. The third kappa shape index (κ3) is 4.97. The highest BCUT2D eigenvalue weighted by Gasteiger charge is 2.31. The van der Waals surface area contributed by atoms with Crippen LogP contribution in [0.15, 0.2) is 68.0 Å². The minimum atomic E-state index is -0.609. The number of hydrogen-bond donors (Lipinski definition) is 2. The molecule has 2 aromatic carbocycles. The normalized spacial score (nSPS) is 14.1. The largest absolute Gasteiger partial charge is 0.487 e. The van der Waals surface area contributed by atoms with E-state index in [1.165, 1.54) is 18.5 Å². The van der Waals surface area contributed by atoms with Crippen molar-refractivity contribution in [3.05, 3.63) is 102 Å². The molecule has 0 fully saturated rings. The van der Waals surface area contributed by atoms with E-state index >= 15 is 0 Å². The summed E-state index contributed by atoms with van der Waals surface area (Å²) < 4.78 is 35.9. The first-order chi connectivity index (χ1) is 18.5. The number of ether oxygens (including phenoxy) is 1. The van der Waals surface area contributed by atoms with Crippen LogP contribution in [0.5, 0.6) is 5.75 Å². The van der Waals surface area contributed by atoms with Crippen LogP contribution in [0.2, 0.25) is 0 Å². The molecule has 0 amide bonds. The van der Waals surface area contributed by atoms with Gasteiger partial charge in [0, 0.05) is 35.8 Å². The zero-order valence-corrected chi connectivity index (χ0v) is 20.9. The van der Waals surface area contributed by atoms with Gasteiger partial charge in [0.05, 0.1) is 5.69 Å². The molecule has 10 heteroatoms. The van der Waals surface area contributed by atoms with E-state index in [2.05, 4.69) is 33.9 Å². The van der Waals surface area contributed by atoms with Crippen LogP contribution in [0, 0.1) is 18.6 Å². The van der Waals surface area contributed by atoms with Crippen molar-refractivity contribution < 1.29 is 13.5 Å². The number of rotatable bonds is 10. The Hall–Kier alpha value is -4.60. The maximum absolute atomic E-state index is 14.7. The van der Waals surface area contributed by atoms with Crippen LogP contribution >= 0.6 is 0 Å². The first kappa shape index (κ1) is 25.1. The van der Waals surface area contributed by atoms with Gasteiger partial charge in [-0.3, -0.25) is 0 Å². The average molecular weight is 516 g/mol. The van der Waals surface area contributed by atoms with Gasteiger partial charge in [0.15, 0.2) is 0 Å².